The van der Waals surface area contributed by atoms with E-state index in [9.17, 15) is 23.7 Å². The molecule has 17 heavy (non-hydrogen) atoms. The van der Waals surface area contributed by atoms with Gasteiger partial charge in [0.2, 0.25) is 5.82 Å². The monoisotopic (exact) mass is 244 g/mol. The Labute approximate surface area is 95.6 Å². The highest BCUT2D eigenvalue weighted by molar-refractivity contribution is 5.95. The first-order valence-electron chi connectivity index (χ1n) is 4.77. The third-order valence-corrected chi connectivity index (χ3v) is 1.88. The summed E-state index contributed by atoms with van der Waals surface area (Å²) in [6.07, 6.45) is 0. The maximum Gasteiger partial charge on any atom is 0.308 e. The summed E-state index contributed by atoms with van der Waals surface area (Å²) in [5.74, 6) is -3.26. The van der Waals surface area contributed by atoms with E-state index in [0.717, 1.165) is 0 Å². The molecule has 0 heterocycles. The van der Waals surface area contributed by atoms with Crippen LogP contribution in [0, 0.1) is 21.7 Å². The topological polar surface area (TPSA) is 72.2 Å². The second kappa shape index (κ2) is 4.86. The molecule has 0 unspecified atom stereocenters. The van der Waals surface area contributed by atoms with E-state index in [4.69, 9.17) is 0 Å². The van der Waals surface area contributed by atoms with Gasteiger partial charge in [0.05, 0.1) is 16.6 Å². The minimum atomic E-state index is -1.34. The molecule has 1 amide bonds. The SMILES string of the molecule is CC(C)NC(=O)c1cc(F)cc([N+](=O)[O-])c1F. The predicted molar refractivity (Wildman–Crippen MR) is 55.6 cm³/mol. The van der Waals surface area contributed by atoms with E-state index in [1.807, 2.05) is 0 Å². The number of hydrogen-bond acceptors (Lipinski definition) is 3. The molecule has 0 saturated carbocycles. The Balaban J connectivity index is 3.25. The summed E-state index contributed by atoms with van der Waals surface area (Å²) < 4.78 is 26.5. The average Bonchev–Trinajstić information content (AvgIpc) is 2.19. The molecule has 7 heteroatoms. The third kappa shape index (κ3) is 2.96. The predicted octanol–water partition coefficient (Wildman–Crippen LogP) is 2.01. The molecule has 0 aliphatic heterocycles. The summed E-state index contributed by atoms with van der Waals surface area (Å²) in [6.45, 7) is 3.26. The summed E-state index contributed by atoms with van der Waals surface area (Å²) in [4.78, 5) is 20.8. The Hall–Kier alpha value is -2.05. The standard InChI is InChI=1S/C10H10F2N2O3/c1-5(2)13-10(15)7-3-6(11)4-8(9(7)12)14(16)17/h3-5H,1-2H3,(H,13,15). The van der Waals surface area contributed by atoms with Crippen LogP contribution in [0.15, 0.2) is 12.1 Å². The van der Waals surface area contributed by atoms with Crippen molar-refractivity contribution in [1.29, 1.82) is 0 Å². The molecule has 0 saturated heterocycles. The number of nitro groups is 1. The second-order valence-corrected chi connectivity index (χ2v) is 3.67. The minimum absolute atomic E-state index is 0.288. The number of hydrogen-bond donors (Lipinski definition) is 1. The molecule has 0 bridgehead atoms. The molecule has 1 N–H and O–H groups in total. The van der Waals surface area contributed by atoms with Gasteiger partial charge in [0, 0.05) is 6.04 Å². The van der Waals surface area contributed by atoms with Crippen LogP contribution in [0.1, 0.15) is 24.2 Å². The van der Waals surface area contributed by atoms with Crippen LogP contribution < -0.4 is 5.32 Å². The zero-order chi connectivity index (χ0) is 13.2. The van der Waals surface area contributed by atoms with Crippen LogP contribution in [0.4, 0.5) is 14.5 Å². The fourth-order valence-electron chi connectivity index (χ4n) is 1.21. The quantitative estimate of drug-likeness (QED) is 0.653. The first-order valence-corrected chi connectivity index (χ1v) is 4.77. The summed E-state index contributed by atoms with van der Waals surface area (Å²) in [7, 11) is 0. The summed E-state index contributed by atoms with van der Waals surface area (Å²) in [5, 5.41) is 12.8. The van der Waals surface area contributed by atoms with Crippen LogP contribution >= 0.6 is 0 Å². The molecular formula is C10H10F2N2O3. The van der Waals surface area contributed by atoms with Gasteiger partial charge in [-0.05, 0) is 19.9 Å². The third-order valence-electron chi connectivity index (χ3n) is 1.88. The molecule has 92 valence electrons. The lowest BCUT2D eigenvalue weighted by Crippen LogP contribution is -2.31. The molecule has 1 aromatic carbocycles. The van der Waals surface area contributed by atoms with Gasteiger partial charge in [0.25, 0.3) is 5.91 Å². The van der Waals surface area contributed by atoms with Crippen molar-refractivity contribution in [2.75, 3.05) is 0 Å². The lowest BCUT2D eigenvalue weighted by atomic mass is 10.1. The Morgan fingerprint density at radius 3 is 2.47 bits per heavy atom. The van der Waals surface area contributed by atoms with E-state index in [-0.39, 0.29) is 6.04 Å². The van der Waals surface area contributed by atoms with Gasteiger partial charge in [-0.25, -0.2) is 4.39 Å². The van der Waals surface area contributed by atoms with E-state index in [1.54, 1.807) is 13.8 Å². The molecule has 1 aromatic rings. The highest BCUT2D eigenvalue weighted by atomic mass is 19.1. The molecule has 0 spiro atoms. The normalized spacial score (nSPS) is 10.4. The van der Waals surface area contributed by atoms with Crippen molar-refractivity contribution >= 4 is 11.6 Å². The minimum Gasteiger partial charge on any atom is -0.350 e. The van der Waals surface area contributed by atoms with Gasteiger partial charge in [0.1, 0.15) is 5.82 Å². The number of benzene rings is 1. The van der Waals surface area contributed by atoms with Crippen LogP contribution in [0.2, 0.25) is 0 Å². The number of rotatable bonds is 3. The zero-order valence-electron chi connectivity index (χ0n) is 9.16. The van der Waals surface area contributed by atoms with Crippen molar-refractivity contribution in [3.63, 3.8) is 0 Å². The smallest absolute Gasteiger partial charge is 0.308 e. The average molecular weight is 244 g/mol. The molecule has 1 rings (SSSR count). The van der Waals surface area contributed by atoms with Crippen molar-refractivity contribution in [3.05, 3.63) is 39.4 Å². The molecule has 0 radical (unpaired) electrons. The molecule has 0 aliphatic rings. The van der Waals surface area contributed by atoms with Crippen LogP contribution in [0.25, 0.3) is 0 Å². The number of halogens is 2. The van der Waals surface area contributed by atoms with E-state index in [0.29, 0.717) is 12.1 Å². The Morgan fingerprint density at radius 1 is 1.41 bits per heavy atom. The zero-order valence-corrected chi connectivity index (χ0v) is 9.16. The van der Waals surface area contributed by atoms with E-state index >= 15 is 0 Å². The van der Waals surface area contributed by atoms with Crippen molar-refractivity contribution < 1.29 is 18.5 Å². The van der Waals surface area contributed by atoms with Crippen LogP contribution in [-0.4, -0.2) is 16.9 Å². The molecule has 5 nitrogen and oxygen atoms in total. The van der Waals surface area contributed by atoms with Gasteiger partial charge >= 0.3 is 5.69 Å². The first kappa shape index (κ1) is 13.0. The van der Waals surface area contributed by atoms with Gasteiger partial charge in [-0.15, -0.1) is 0 Å². The van der Waals surface area contributed by atoms with Crippen LogP contribution in [0.5, 0.6) is 0 Å². The largest absolute Gasteiger partial charge is 0.350 e. The molecule has 0 aromatic heterocycles. The summed E-state index contributed by atoms with van der Waals surface area (Å²) in [6, 6.07) is 0.769. The fourth-order valence-corrected chi connectivity index (χ4v) is 1.21. The number of nitrogens with zero attached hydrogens (tertiary/aromatic N) is 1. The fraction of sp³-hybridized carbons (Fsp3) is 0.300. The number of carbonyl (C=O) groups is 1. The second-order valence-electron chi connectivity index (χ2n) is 3.67. The number of nitro benzene ring substituents is 1. The van der Waals surface area contributed by atoms with Gasteiger partial charge in [-0.3, -0.25) is 14.9 Å². The van der Waals surface area contributed by atoms with Crippen LogP contribution in [-0.2, 0) is 0 Å². The number of carbonyl (C=O) groups excluding carboxylic acids is 1. The lowest BCUT2D eigenvalue weighted by molar-refractivity contribution is -0.387. The molecule has 0 aliphatic carbocycles. The van der Waals surface area contributed by atoms with Crippen molar-refractivity contribution in [2.24, 2.45) is 0 Å². The molecule has 0 atom stereocenters. The number of amides is 1. The van der Waals surface area contributed by atoms with Gasteiger partial charge in [0.15, 0.2) is 0 Å². The summed E-state index contributed by atoms with van der Waals surface area (Å²) in [5.41, 5.74) is -1.73. The highest BCUT2D eigenvalue weighted by Gasteiger charge is 2.24. The maximum atomic E-state index is 13.5. The van der Waals surface area contributed by atoms with Gasteiger partial charge in [-0.1, -0.05) is 0 Å². The first-order chi connectivity index (χ1) is 7.82. The van der Waals surface area contributed by atoms with Gasteiger partial charge < -0.3 is 5.32 Å². The Kier molecular flexibility index (Phi) is 3.72. The Morgan fingerprint density at radius 2 is 2.00 bits per heavy atom. The highest BCUT2D eigenvalue weighted by Crippen LogP contribution is 2.22. The number of nitrogens with one attached hydrogen (secondary N) is 1. The van der Waals surface area contributed by atoms with Crippen molar-refractivity contribution in [3.8, 4) is 0 Å². The maximum absolute atomic E-state index is 13.5. The van der Waals surface area contributed by atoms with Gasteiger partial charge in [-0.2, -0.15) is 4.39 Å². The van der Waals surface area contributed by atoms with Crippen molar-refractivity contribution in [2.45, 2.75) is 19.9 Å². The summed E-state index contributed by atoms with van der Waals surface area (Å²) >= 11 is 0. The van der Waals surface area contributed by atoms with E-state index in [1.165, 1.54) is 0 Å². The van der Waals surface area contributed by atoms with E-state index < -0.39 is 33.7 Å². The van der Waals surface area contributed by atoms with Crippen LogP contribution in [0.3, 0.4) is 0 Å². The van der Waals surface area contributed by atoms with E-state index in [2.05, 4.69) is 5.32 Å². The lowest BCUT2D eigenvalue weighted by Gasteiger charge is -2.09. The van der Waals surface area contributed by atoms with Crippen molar-refractivity contribution in [1.82, 2.24) is 5.32 Å². The molecular weight excluding hydrogens is 234 g/mol. The molecule has 0 fully saturated rings. The Bertz CT molecular complexity index is 475.